The van der Waals surface area contributed by atoms with Crippen LogP contribution in [0.1, 0.15) is 12.0 Å². The average molecular weight is 192 g/mol. The smallest absolute Gasteiger partial charge is 0.119 e. The van der Waals surface area contributed by atoms with Crippen molar-refractivity contribution in [3.05, 3.63) is 42.5 Å². The highest BCUT2D eigenvalue weighted by atomic mass is 16.5. The van der Waals surface area contributed by atoms with Gasteiger partial charge in [0.1, 0.15) is 5.75 Å². The number of hydrogen-bond donors (Lipinski definition) is 1. The van der Waals surface area contributed by atoms with Gasteiger partial charge in [-0.25, -0.2) is 0 Å². The number of hydrogen-bond acceptors (Lipinski definition) is 2. The maximum Gasteiger partial charge on any atom is 0.119 e. The van der Waals surface area contributed by atoms with Crippen molar-refractivity contribution in [2.45, 2.75) is 18.9 Å². The molecule has 0 saturated heterocycles. The minimum Gasteiger partial charge on any atom is -0.497 e. The molecule has 1 aromatic rings. The van der Waals surface area contributed by atoms with Gasteiger partial charge in [0.2, 0.25) is 0 Å². The van der Waals surface area contributed by atoms with Crippen LogP contribution in [-0.4, -0.2) is 18.3 Å². The number of aliphatic hydroxyl groups excluding tert-OH is 1. The van der Waals surface area contributed by atoms with E-state index in [9.17, 15) is 5.11 Å². The molecule has 2 heteroatoms. The molecule has 14 heavy (non-hydrogen) atoms. The van der Waals surface area contributed by atoms with Gasteiger partial charge in [0, 0.05) is 0 Å². The Morgan fingerprint density at radius 3 is 3.00 bits per heavy atom. The zero-order valence-corrected chi connectivity index (χ0v) is 8.44. The number of methoxy groups -OCH3 is 1. The normalized spacial score (nSPS) is 12.1. The molecule has 0 amide bonds. The van der Waals surface area contributed by atoms with Crippen molar-refractivity contribution >= 4 is 0 Å². The van der Waals surface area contributed by atoms with Crippen molar-refractivity contribution in [1.29, 1.82) is 0 Å². The maximum absolute atomic E-state index is 9.55. The molecule has 1 unspecified atom stereocenters. The van der Waals surface area contributed by atoms with Crippen LogP contribution in [0.2, 0.25) is 0 Å². The van der Waals surface area contributed by atoms with Gasteiger partial charge in [-0.05, 0) is 30.5 Å². The van der Waals surface area contributed by atoms with Crippen LogP contribution in [0.25, 0.3) is 0 Å². The lowest BCUT2D eigenvalue weighted by atomic mass is 10.1. The van der Waals surface area contributed by atoms with Gasteiger partial charge in [-0.1, -0.05) is 18.2 Å². The van der Waals surface area contributed by atoms with E-state index in [1.807, 2.05) is 24.3 Å². The molecule has 1 atom stereocenters. The molecule has 0 spiro atoms. The van der Waals surface area contributed by atoms with Crippen LogP contribution < -0.4 is 4.74 Å². The molecule has 1 rings (SSSR count). The zero-order valence-electron chi connectivity index (χ0n) is 8.44. The third-order valence-electron chi connectivity index (χ3n) is 2.04. The highest BCUT2D eigenvalue weighted by Gasteiger charge is 2.03. The fourth-order valence-corrected chi connectivity index (χ4v) is 1.35. The summed E-state index contributed by atoms with van der Waals surface area (Å²) in [7, 11) is 1.64. The highest BCUT2D eigenvalue weighted by molar-refractivity contribution is 5.28. The van der Waals surface area contributed by atoms with E-state index in [-0.39, 0.29) is 6.10 Å². The van der Waals surface area contributed by atoms with E-state index in [2.05, 4.69) is 6.58 Å². The summed E-state index contributed by atoms with van der Waals surface area (Å²) in [6.07, 6.45) is 2.64. The Morgan fingerprint density at radius 2 is 2.36 bits per heavy atom. The summed E-state index contributed by atoms with van der Waals surface area (Å²) in [5.41, 5.74) is 1.08. The van der Waals surface area contributed by atoms with Crippen LogP contribution in [0.4, 0.5) is 0 Å². The molecule has 0 bridgehead atoms. The minimum atomic E-state index is -0.348. The van der Waals surface area contributed by atoms with Gasteiger partial charge in [-0.2, -0.15) is 0 Å². The lowest BCUT2D eigenvalue weighted by Gasteiger charge is -2.08. The second kappa shape index (κ2) is 5.45. The predicted octanol–water partition coefficient (Wildman–Crippen LogP) is 2.17. The van der Waals surface area contributed by atoms with Crippen LogP contribution in [0.3, 0.4) is 0 Å². The standard InChI is InChI=1S/C12H16O2/c1-3-5-11(13)8-10-6-4-7-12(9-10)14-2/h3-4,6-7,9,11,13H,1,5,8H2,2H3. The van der Waals surface area contributed by atoms with E-state index in [0.29, 0.717) is 12.8 Å². The van der Waals surface area contributed by atoms with Gasteiger partial charge < -0.3 is 9.84 Å². The van der Waals surface area contributed by atoms with Crippen molar-refractivity contribution in [2.24, 2.45) is 0 Å². The lowest BCUT2D eigenvalue weighted by Crippen LogP contribution is -2.08. The summed E-state index contributed by atoms with van der Waals surface area (Å²) in [6.45, 7) is 3.59. The van der Waals surface area contributed by atoms with Crippen molar-refractivity contribution < 1.29 is 9.84 Å². The Morgan fingerprint density at radius 1 is 1.57 bits per heavy atom. The van der Waals surface area contributed by atoms with E-state index in [1.165, 1.54) is 0 Å². The van der Waals surface area contributed by atoms with E-state index >= 15 is 0 Å². The Labute approximate surface area is 84.8 Å². The van der Waals surface area contributed by atoms with Gasteiger partial charge in [0.05, 0.1) is 13.2 Å². The Bertz CT molecular complexity index is 294. The van der Waals surface area contributed by atoms with Crippen LogP contribution in [-0.2, 0) is 6.42 Å². The van der Waals surface area contributed by atoms with Crippen molar-refractivity contribution in [2.75, 3.05) is 7.11 Å². The fraction of sp³-hybridized carbons (Fsp3) is 0.333. The molecule has 1 aromatic carbocycles. The third kappa shape index (κ3) is 3.23. The zero-order chi connectivity index (χ0) is 10.4. The molecule has 0 aliphatic heterocycles. The molecule has 1 N–H and O–H groups in total. The van der Waals surface area contributed by atoms with Crippen LogP contribution in [0.15, 0.2) is 36.9 Å². The van der Waals surface area contributed by atoms with Gasteiger partial charge in [-0.15, -0.1) is 6.58 Å². The summed E-state index contributed by atoms with van der Waals surface area (Å²) < 4.78 is 5.09. The quantitative estimate of drug-likeness (QED) is 0.724. The molecule has 0 aromatic heterocycles. The van der Waals surface area contributed by atoms with Gasteiger partial charge in [0.25, 0.3) is 0 Å². The predicted molar refractivity (Wildman–Crippen MR) is 57.5 cm³/mol. The molecule has 0 fully saturated rings. The summed E-state index contributed by atoms with van der Waals surface area (Å²) >= 11 is 0. The number of ether oxygens (including phenoxy) is 1. The van der Waals surface area contributed by atoms with Crippen LogP contribution in [0.5, 0.6) is 5.75 Å². The third-order valence-corrected chi connectivity index (χ3v) is 2.04. The maximum atomic E-state index is 9.55. The minimum absolute atomic E-state index is 0.348. The molecule has 0 heterocycles. The molecule has 2 nitrogen and oxygen atoms in total. The van der Waals surface area contributed by atoms with Gasteiger partial charge >= 0.3 is 0 Å². The van der Waals surface area contributed by atoms with E-state index in [4.69, 9.17) is 4.74 Å². The number of aliphatic hydroxyl groups is 1. The van der Waals surface area contributed by atoms with E-state index in [0.717, 1.165) is 11.3 Å². The highest BCUT2D eigenvalue weighted by Crippen LogP contribution is 2.14. The molecule has 0 aliphatic carbocycles. The molecule has 0 radical (unpaired) electrons. The van der Waals surface area contributed by atoms with E-state index < -0.39 is 0 Å². The second-order valence-corrected chi connectivity index (χ2v) is 3.23. The summed E-state index contributed by atoms with van der Waals surface area (Å²) in [4.78, 5) is 0. The van der Waals surface area contributed by atoms with Crippen LogP contribution in [0, 0.1) is 0 Å². The Kier molecular flexibility index (Phi) is 4.20. The average Bonchev–Trinajstić information content (AvgIpc) is 2.18. The summed E-state index contributed by atoms with van der Waals surface area (Å²) in [5.74, 6) is 0.827. The first kappa shape index (κ1) is 10.8. The number of benzene rings is 1. The van der Waals surface area contributed by atoms with Crippen molar-refractivity contribution in [1.82, 2.24) is 0 Å². The first-order valence-electron chi connectivity index (χ1n) is 4.68. The first-order valence-corrected chi connectivity index (χ1v) is 4.68. The molecule has 76 valence electrons. The first-order chi connectivity index (χ1) is 6.76. The molecular formula is C12H16O2. The van der Waals surface area contributed by atoms with E-state index in [1.54, 1.807) is 13.2 Å². The van der Waals surface area contributed by atoms with Crippen molar-refractivity contribution in [3.63, 3.8) is 0 Å². The SMILES string of the molecule is C=CCC(O)Cc1cccc(OC)c1. The fourth-order valence-electron chi connectivity index (χ4n) is 1.35. The topological polar surface area (TPSA) is 29.5 Å². The molecule has 0 aliphatic rings. The molecular weight excluding hydrogens is 176 g/mol. The largest absolute Gasteiger partial charge is 0.497 e. The van der Waals surface area contributed by atoms with Crippen molar-refractivity contribution in [3.8, 4) is 5.75 Å². The summed E-state index contributed by atoms with van der Waals surface area (Å²) in [6, 6.07) is 7.74. The Balaban J connectivity index is 2.61. The Hall–Kier alpha value is -1.28. The summed E-state index contributed by atoms with van der Waals surface area (Å²) in [5, 5.41) is 9.55. The number of rotatable bonds is 5. The lowest BCUT2D eigenvalue weighted by molar-refractivity contribution is 0.178. The van der Waals surface area contributed by atoms with Crippen LogP contribution >= 0.6 is 0 Å². The van der Waals surface area contributed by atoms with Gasteiger partial charge in [-0.3, -0.25) is 0 Å². The second-order valence-electron chi connectivity index (χ2n) is 3.23. The van der Waals surface area contributed by atoms with Gasteiger partial charge in [0.15, 0.2) is 0 Å². The molecule has 0 saturated carbocycles. The monoisotopic (exact) mass is 192 g/mol.